The van der Waals surface area contributed by atoms with Crippen LogP contribution in [0.1, 0.15) is 37.7 Å². The molecule has 0 aliphatic carbocycles. The number of hydrogen-bond donors (Lipinski definition) is 2. The van der Waals surface area contributed by atoms with Gasteiger partial charge in [0, 0.05) is 18.0 Å². The molecule has 2 fully saturated rings. The largest absolute Gasteiger partial charge is 0.399 e. The number of aliphatic hydroxyl groups is 1. The summed E-state index contributed by atoms with van der Waals surface area (Å²) in [6.45, 7) is 2.11. The minimum atomic E-state index is -0.311. The average Bonchev–Trinajstić information content (AvgIpc) is 2.94. The Morgan fingerprint density at radius 2 is 2.00 bits per heavy atom. The second-order valence-corrected chi connectivity index (χ2v) is 7.29. The summed E-state index contributed by atoms with van der Waals surface area (Å²) in [6.07, 6.45) is 2.38. The van der Waals surface area contributed by atoms with Gasteiger partial charge in [-0.1, -0.05) is 54.5 Å². The smallest absolute Gasteiger partial charge is 0.106 e. The molecule has 4 rings (SSSR count). The van der Waals surface area contributed by atoms with Crippen molar-refractivity contribution in [3.8, 4) is 0 Å². The molecule has 4 heteroatoms. The van der Waals surface area contributed by atoms with Crippen LogP contribution in [0, 0.1) is 5.92 Å². The lowest BCUT2D eigenvalue weighted by Gasteiger charge is -2.39. The van der Waals surface area contributed by atoms with Gasteiger partial charge in [0.05, 0.1) is 11.8 Å². The number of rotatable bonds is 4. The standard InChI is InChI=1S/C21H26N2O2/c1-3-18(23-25-2)20-17(11-16-12-19(24)21(20)22-16)15-9-8-13-6-4-5-7-14(13)10-15/h4-10,16-17,19-22,24H,3,11-12H2,1-2H3/t16?,17-,19?,20+,21-/m0/s1. The molecule has 2 bridgehead atoms. The number of aliphatic hydroxyl groups excluding tert-OH is 1. The summed E-state index contributed by atoms with van der Waals surface area (Å²) in [6, 6.07) is 15.7. The van der Waals surface area contributed by atoms with Gasteiger partial charge in [-0.25, -0.2) is 0 Å². The van der Waals surface area contributed by atoms with Gasteiger partial charge in [-0.2, -0.15) is 0 Å². The van der Waals surface area contributed by atoms with E-state index in [4.69, 9.17) is 4.84 Å². The second kappa shape index (κ2) is 6.77. The van der Waals surface area contributed by atoms with Crippen LogP contribution in [0.15, 0.2) is 47.6 Å². The van der Waals surface area contributed by atoms with Gasteiger partial charge >= 0.3 is 0 Å². The molecular formula is C21H26N2O2. The Morgan fingerprint density at radius 1 is 1.20 bits per heavy atom. The molecule has 0 radical (unpaired) electrons. The Labute approximate surface area is 148 Å². The summed E-state index contributed by atoms with van der Waals surface area (Å²) < 4.78 is 0. The Bertz CT molecular complexity index is 788. The van der Waals surface area contributed by atoms with E-state index < -0.39 is 0 Å². The number of fused-ring (bicyclic) bond motifs is 3. The summed E-state index contributed by atoms with van der Waals surface area (Å²) in [4.78, 5) is 5.12. The van der Waals surface area contributed by atoms with Crippen LogP contribution in [0.25, 0.3) is 10.8 Å². The first-order valence-corrected chi connectivity index (χ1v) is 9.24. The summed E-state index contributed by atoms with van der Waals surface area (Å²) in [5, 5.41) is 21.0. The monoisotopic (exact) mass is 338 g/mol. The normalized spacial score (nSPS) is 32.1. The molecule has 2 aliphatic heterocycles. The van der Waals surface area contributed by atoms with E-state index in [1.165, 1.54) is 16.3 Å². The molecule has 0 amide bonds. The van der Waals surface area contributed by atoms with Gasteiger partial charge in [-0.15, -0.1) is 0 Å². The van der Waals surface area contributed by atoms with E-state index in [1.54, 1.807) is 7.11 Å². The molecule has 4 nitrogen and oxygen atoms in total. The van der Waals surface area contributed by atoms with Crippen molar-refractivity contribution < 1.29 is 9.94 Å². The van der Waals surface area contributed by atoms with Crippen LogP contribution in [-0.2, 0) is 4.84 Å². The van der Waals surface area contributed by atoms with E-state index in [2.05, 4.69) is 59.9 Å². The van der Waals surface area contributed by atoms with E-state index in [9.17, 15) is 5.11 Å². The molecule has 2 aliphatic rings. The predicted molar refractivity (Wildman–Crippen MR) is 101 cm³/mol. The van der Waals surface area contributed by atoms with Crippen molar-refractivity contribution in [3.63, 3.8) is 0 Å². The third-order valence-corrected chi connectivity index (χ3v) is 5.88. The molecule has 2 unspecified atom stereocenters. The van der Waals surface area contributed by atoms with Gasteiger partial charge in [0.2, 0.25) is 0 Å². The van der Waals surface area contributed by atoms with Gasteiger partial charge < -0.3 is 15.3 Å². The molecule has 5 atom stereocenters. The van der Waals surface area contributed by atoms with Gasteiger partial charge in [-0.05, 0) is 41.5 Å². The fraction of sp³-hybridized carbons (Fsp3) is 0.476. The van der Waals surface area contributed by atoms with E-state index in [0.717, 1.165) is 25.0 Å². The third kappa shape index (κ3) is 2.94. The molecule has 132 valence electrons. The van der Waals surface area contributed by atoms with Gasteiger partial charge in [0.25, 0.3) is 0 Å². The zero-order valence-electron chi connectivity index (χ0n) is 14.9. The Hall–Kier alpha value is -1.91. The minimum Gasteiger partial charge on any atom is -0.399 e. The maximum atomic E-state index is 10.6. The van der Waals surface area contributed by atoms with Crippen molar-refractivity contribution in [1.29, 1.82) is 0 Å². The highest BCUT2D eigenvalue weighted by atomic mass is 16.6. The number of benzene rings is 2. The van der Waals surface area contributed by atoms with E-state index >= 15 is 0 Å². The van der Waals surface area contributed by atoms with Crippen molar-refractivity contribution >= 4 is 16.5 Å². The first-order valence-electron chi connectivity index (χ1n) is 9.24. The molecule has 0 saturated carbocycles. The maximum absolute atomic E-state index is 10.6. The summed E-state index contributed by atoms with van der Waals surface area (Å²) in [5.41, 5.74) is 2.38. The fourth-order valence-electron chi connectivity index (χ4n) is 4.80. The zero-order chi connectivity index (χ0) is 17.4. The lowest BCUT2D eigenvalue weighted by atomic mass is 9.73. The SMILES string of the molecule is CCC(=NOC)[C@H]1[C@H](c2ccc3ccccc3c2)CC2CC(O)[C@@H]1N2. The number of nitrogens with one attached hydrogen (secondary N) is 1. The first-order chi connectivity index (χ1) is 12.2. The Balaban J connectivity index is 1.77. The minimum absolute atomic E-state index is 0.0593. The van der Waals surface area contributed by atoms with E-state index in [1.807, 2.05) is 0 Å². The summed E-state index contributed by atoms with van der Waals surface area (Å²) >= 11 is 0. The lowest BCUT2D eigenvalue weighted by Crippen LogP contribution is -2.50. The first kappa shape index (κ1) is 16.6. The molecule has 2 aromatic rings. The van der Waals surface area contributed by atoms with E-state index in [0.29, 0.717) is 12.0 Å². The van der Waals surface area contributed by atoms with Crippen LogP contribution >= 0.6 is 0 Å². The van der Waals surface area contributed by atoms with Crippen LogP contribution in [0.5, 0.6) is 0 Å². The molecule has 2 aromatic carbocycles. The number of oxime groups is 1. The highest BCUT2D eigenvalue weighted by Gasteiger charge is 2.48. The lowest BCUT2D eigenvalue weighted by molar-refractivity contribution is 0.136. The number of hydrogen-bond acceptors (Lipinski definition) is 4. The molecule has 0 aromatic heterocycles. The van der Waals surface area contributed by atoms with Crippen molar-refractivity contribution in [1.82, 2.24) is 5.32 Å². The molecular weight excluding hydrogens is 312 g/mol. The summed E-state index contributed by atoms with van der Waals surface area (Å²) in [7, 11) is 1.60. The van der Waals surface area contributed by atoms with E-state index in [-0.39, 0.29) is 18.1 Å². The average molecular weight is 338 g/mol. The van der Waals surface area contributed by atoms with Crippen LogP contribution in [-0.4, -0.2) is 36.1 Å². The summed E-state index contributed by atoms with van der Waals surface area (Å²) in [5.74, 6) is 0.520. The molecule has 2 saturated heterocycles. The second-order valence-electron chi connectivity index (χ2n) is 7.29. The van der Waals surface area contributed by atoms with Crippen molar-refractivity contribution in [3.05, 3.63) is 48.0 Å². The Kier molecular flexibility index (Phi) is 4.48. The third-order valence-electron chi connectivity index (χ3n) is 5.88. The topological polar surface area (TPSA) is 53.9 Å². The van der Waals surface area contributed by atoms with Crippen LogP contribution in [0.4, 0.5) is 0 Å². The molecule has 25 heavy (non-hydrogen) atoms. The quantitative estimate of drug-likeness (QED) is 0.663. The van der Waals surface area contributed by atoms with Gasteiger partial charge in [0.1, 0.15) is 7.11 Å². The molecule has 2 N–H and O–H groups in total. The van der Waals surface area contributed by atoms with Crippen molar-refractivity contribution in [2.75, 3.05) is 7.11 Å². The highest BCUT2D eigenvalue weighted by Crippen LogP contribution is 2.43. The zero-order valence-corrected chi connectivity index (χ0v) is 14.9. The number of nitrogens with zero attached hydrogens (tertiary/aromatic N) is 1. The van der Waals surface area contributed by atoms with Crippen molar-refractivity contribution in [2.24, 2.45) is 11.1 Å². The van der Waals surface area contributed by atoms with Gasteiger partial charge in [-0.3, -0.25) is 0 Å². The van der Waals surface area contributed by atoms with Crippen LogP contribution in [0.3, 0.4) is 0 Å². The highest BCUT2D eigenvalue weighted by molar-refractivity contribution is 5.89. The molecule has 2 heterocycles. The van der Waals surface area contributed by atoms with Crippen LogP contribution in [0.2, 0.25) is 0 Å². The predicted octanol–water partition coefficient (Wildman–Crippen LogP) is 3.45. The van der Waals surface area contributed by atoms with Crippen molar-refractivity contribution in [2.45, 2.75) is 50.3 Å². The maximum Gasteiger partial charge on any atom is 0.106 e. The number of piperidine rings is 1. The van der Waals surface area contributed by atoms with Gasteiger partial charge in [0.15, 0.2) is 0 Å². The Morgan fingerprint density at radius 3 is 2.76 bits per heavy atom. The molecule has 0 spiro atoms. The van der Waals surface area contributed by atoms with Crippen LogP contribution < -0.4 is 5.32 Å². The fourth-order valence-corrected chi connectivity index (χ4v) is 4.80.